The van der Waals surface area contributed by atoms with Crippen LogP contribution in [0.5, 0.6) is 0 Å². The molecule has 1 N–H and O–H groups in total. The van der Waals surface area contributed by atoms with Gasteiger partial charge in [-0.05, 0) is 6.07 Å². The summed E-state index contributed by atoms with van der Waals surface area (Å²) in [5.74, 6) is 0. The Balaban J connectivity index is 2.73. The van der Waals surface area contributed by atoms with Gasteiger partial charge in [0, 0.05) is 18.5 Å². The zero-order valence-electron chi connectivity index (χ0n) is 7.30. The number of hydrogen-bond donors (Lipinski definition) is 1. The van der Waals surface area contributed by atoms with Gasteiger partial charge in [-0.3, -0.25) is 4.79 Å². The van der Waals surface area contributed by atoms with Crippen LogP contribution in [-0.2, 0) is 6.18 Å². The van der Waals surface area contributed by atoms with Crippen LogP contribution in [0, 0.1) is 0 Å². The lowest BCUT2D eigenvalue weighted by atomic mass is 10.2. The first-order valence-corrected chi connectivity index (χ1v) is 4.03. The largest absolute Gasteiger partial charge is 0.417 e. The number of fused-ring (bicyclic) bond motifs is 1. The van der Waals surface area contributed by atoms with Crippen LogP contribution in [0.1, 0.15) is 5.56 Å². The van der Waals surface area contributed by atoms with Gasteiger partial charge < -0.3 is 4.98 Å². The third-order valence-electron chi connectivity index (χ3n) is 1.92. The van der Waals surface area contributed by atoms with Crippen LogP contribution >= 0.6 is 0 Å². The van der Waals surface area contributed by atoms with Crippen molar-refractivity contribution in [3.8, 4) is 0 Å². The lowest BCUT2D eigenvalue weighted by molar-refractivity contribution is -0.137. The fraction of sp³-hybridized carbons (Fsp3) is 0.111. The molecule has 2 heterocycles. The van der Waals surface area contributed by atoms with E-state index in [-0.39, 0.29) is 11.0 Å². The summed E-state index contributed by atoms with van der Waals surface area (Å²) in [4.78, 5) is 17.2. The van der Waals surface area contributed by atoms with E-state index < -0.39 is 17.2 Å². The molecule has 15 heavy (non-hydrogen) atoms. The minimum atomic E-state index is -4.45. The summed E-state index contributed by atoms with van der Waals surface area (Å²) >= 11 is 0. The van der Waals surface area contributed by atoms with Crippen LogP contribution < -0.4 is 5.43 Å². The first kappa shape index (κ1) is 9.70. The molecule has 0 aromatic carbocycles. The monoisotopic (exact) mass is 214 g/mol. The summed E-state index contributed by atoms with van der Waals surface area (Å²) in [5.41, 5.74) is -1.20. The van der Waals surface area contributed by atoms with E-state index >= 15 is 0 Å². The Labute approximate surface area is 81.6 Å². The van der Waals surface area contributed by atoms with Gasteiger partial charge in [-0.15, -0.1) is 0 Å². The third-order valence-corrected chi connectivity index (χ3v) is 1.92. The molecule has 0 spiro atoms. The zero-order valence-corrected chi connectivity index (χ0v) is 7.30. The van der Waals surface area contributed by atoms with Gasteiger partial charge in [0.2, 0.25) is 5.43 Å². The van der Waals surface area contributed by atoms with Crippen molar-refractivity contribution in [2.45, 2.75) is 6.18 Å². The minimum absolute atomic E-state index is 0.00509. The number of aromatic amines is 1. The Morgan fingerprint density at radius 1 is 1.33 bits per heavy atom. The first-order valence-electron chi connectivity index (χ1n) is 4.03. The average Bonchev–Trinajstić information content (AvgIpc) is 2.16. The maximum absolute atomic E-state index is 12.3. The van der Waals surface area contributed by atoms with Gasteiger partial charge in [0.25, 0.3) is 0 Å². The molecule has 3 nitrogen and oxygen atoms in total. The Morgan fingerprint density at radius 2 is 2.07 bits per heavy atom. The number of aromatic nitrogens is 2. The van der Waals surface area contributed by atoms with E-state index in [1.54, 1.807) is 0 Å². The predicted octanol–water partition coefficient (Wildman–Crippen LogP) is 1.94. The molecule has 0 atom stereocenters. The topological polar surface area (TPSA) is 45.8 Å². The Hall–Kier alpha value is -1.85. The molecule has 0 aliphatic heterocycles. The van der Waals surface area contributed by atoms with Gasteiger partial charge in [-0.25, -0.2) is 4.98 Å². The number of nitrogens with one attached hydrogen (secondary N) is 1. The minimum Gasteiger partial charge on any atom is -0.360 e. The van der Waals surface area contributed by atoms with Crippen molar-refractivity contribution in [3.63, 3.8) is 0 Å². The quantitative estimate of drug-likeness (QED) is 0.728. The van der Waals surface area contributed by atoms with Gasteiger partial charge in [0.15, 0.2) is 0 Å². The molecule has 0 bridgehead atoms. The van der Waals surface area contributed by atoms with E-state index in [4.69, 9.17) is 0 Å². The molecule has 0 amide bonds. The number of alkyl halides is 3. The molecule has 0 fully saturated rings. The fourth-order valence-corrected chi connectivity index (χ4v) is 1.21. The number of halogens is 3. The lowest BCUT2D eigenvalue weighted by Crippen LogP contribution is -2.08. The second-order valence-electron chi connectivity index (χ2n) is 2.96. The summed E-state index contributed by atoms with van der Waals surface area (Å²) in [5, 5.41) is 0. The van der Waals surface area contributed by atoms with Gasteiger partial charge >= 0.3 is 6.18 Å². The molecule has 2 aromatic heterocycles. The lowest BCUT2D eigenvalue weighted by Gasteiger charge is -2.06. The molecule has 6 heteroatoms. The van der Waals surface area contributed by atoms with Gasteiger partial charge in [0.05, 0.1) is 11.1 Å². The van der Waals surface area contributed by atoms with Crippen LogP contribution in [-0.4, -0.2) is 9.97 Å². The zero-order chi connectivity index (χ0) is 11.1. The van der Waals surface area contributed by atoms with Gasteiger partial charge in [-0.1, -0.05) is 0 Å². The second kappa shape index (κ2) is 3.08. The smallest absolute Gasteiger partial charge is 0.360 e. The fourth-order valence-electron chi connectivity index (χ4n) is 1.21. The van der Waals surface area contributed by atoms with Gasteiger partial charge in [0.1, 0.15) is 5.52 Å². The number of nitrogens with zero attached hydrogens (tertiary/aromatic N) is 1. The SMILES string of the molecule is O=c1cc[nH]c2cc(C(F)(F)F)cnc12. The number of hydrogen-bond acceptors (Lipinski definition) is 2. The Kier molecular flexibility index (Phi) is 1.99. The van der Waals surface area contributed by atoms with Crippen molar-refractivity contribution in [1.82, 2.24) is 9.97 Å². The van der Waals surface area contributed by atoms with Crippen molar-refractivity contribution >= 4 is 11.0 Å². The summed E-state index contributed by atoms with van der Waals surface area (Å²) in [6.07, 6.45) is -2.52. The first-order chi connectivity index (χ1) is 6.98. The molecule has 0 saturated carbocycles. The summed E-state index contributed by atoms with van der Waals surface area (Å²) < 4.78 is 36.9. The molecule has 0 unspecified atom stereocenters. The van der Waals surface area contributed by atoms with Crippen molar-refractivity contribution in [2.75, 3.05) is 0 Å². The van der Waals surface area contributed by atoms with Crippen LogP contribution in [0.2, 0.25) is 0 Å². The Morgan fingerprint density at radius 3 is 2.73 bits per heavy atom. The van der Waals surface area contributed by atoms with E-state index in [1.807, 2.05) is 0 Å². The van der Waals surface area contributed by atoms with Crippen molar-refractivity contribution in [1.29, 1.82) is 0 Å². The maximum atomic E-state index is 12.3. The van der Waals surface area contributed by atoms with Crippen LogP contribution in [0.3, 0.4) is 0 Å². The molecule has 2 rings (SSSR count). The van der Waals surface area contributed by atoms with Crippen LogP contribution in [0.25, 0.3) is 11.0 Å². The van der Waals surface area contributed by atoms with E-state index in [1.165, 1.54) is 12.3 Å². The highest BCUT2D eigenvalue weighted by molar-refractivity contribution is 5.73. The number of pyridine rings is 2. The van der Waals surface area contributed by atoms with E-state index in [0.29, 0.717) is 6.20 Å². The van der Waals surface area contributed by atoms with Gasteiger partial charge in [-0.2, -0.15) is 13.2 Å². The van der Waals surface area contributed by atoms with E-state index in [9.17, 15) is 18.0 Å². The molecule has 2 aromatic rings. The number of H-pyrrole nitrogens is 1. The van der Waals surface area contributed by atoms with Crippen molar-refractivity contribution < 1.29 is 13.2 Å². The maximum Gasteiger partial charge on any atom is 0.417 e. The van der Waals surface area contributed by atoms with Crippen LogP contribution in [0.15, 0.2) is 29.3 Å². The molecule has 0 saturated heterocycles. The van der Waals surface area contributed by atoms with E-state index in [0.717, 1.165) is 6.07 Å². The predicted molar refractivity (Wildman–Crippen MR) is 47.4 cm³/mol. The molecule has 0 aliphatic carbocycles. The highest BCUT2D eigenvalue weighted by Crippen LogP contribution is 2.29. The van der Waals surface area contributed by atoms with Crippen LogP contribution in [0.4, 0.5) is 13.2 Å². The molecular weight excluding hydrogens is 209 g/mol. The second-order valence-corrected chi connectivity index (χ2v) is 2.96. The Bertz CT molecular complexity index is 559. The van der Waals surface area contributed by atoms with Crippen molar-refractivity contribution in [3.05, 3.63) is 40.3 Å². The highest BCUT2D eigenvalue weighted by Gasteiger charge is 2.31. The average molecular weight is 214 g/mol. The molecule has 0 radical (unpaired) electrons. The molecule has 0 aliphatic rings. The summed E-state index contributed by atoms with van der Waals surface area (Å²) in [6.45, 7) is 0. The molecular formula is C9H5F3N2O. The summed E-state index contributed by atoms with van der Waals surface area (Å²) in [7, 11) is 0. The normalized spacial score (nSPS) is 11.9. The number of rotatable bonds is 0. The summed E-state index contributed by atoms with van der Waals surface area (Å²) in [6, 6.07) is 2.08. The molecule has 78 valence electrons. The standard InChI is InChI=1S/C9H5F3N2O/c10-9(11,12)5-3-6-8(14-4-5)7(15)1-2-13-6/h1-4H,(H,13,15). The van der Waals surface area contributed by atoms with Crippen molar-refractivity contribution in [2.24, 2.45) is 0 Å². The highest BCUT2D eigenvalue weighted by atomic mass is 19.4. The van der Waals surface area contributed by atoms with E-state index in [2.05, 4.69) is 9.97 Å². The third kappa shape index (κ3) is 1.70.